The molecule has 1 saturated carbocycles. The van der Waals surface area contributed by atoms with Crippen LogP contribution in [0.3, 0.4) is 0 Å². The second-order valence-electron chi connectivity index (χ2n) is 7.84. The normalized spacial score (nSPS) is 17.7. The summed E-state index contributed by atoms with van der Waals surface area (Å²) in [6.07, 6.45) is 14.9. The Hall–Kier alpha value is -1.62. The van der Waals surface area contributed by atoms with Crippen molar-refractivity contribution in [3.05, 3.63) is 35.9 Å². The lowest BCUT2D eigenvalue weighted by atomic mass is 9.98. The zero-order chi connectivity index (χ0) is 18.7. The Morgan fingerprint density at radius 1 is 0.926 bits per heavy atom. The van der Waals surface area contributed by atoms with Crippen LogP contribution in [0.15, 0.2) is 30.3 Å². The maximum atomic E-state index is 4.75. The standard InChI is InChI=1S/C22H34N4S/c1-26(18-19-14-10-9-11-15-19)22-24-21(25-27-22)23-20-16-12-7-5-3-2-4-6-8-13-17-20/h9-11,14-15,20H,2-8,12-13,16-18H2,1H3,(H,23,25). The van der Waals surface area contributed by atoms with Gasteiger partial charge in [0.2, 0.25) is 11.1 Å². The van der Waals surface area contributed by atoms with E-state index < -0.39 is 0 Å². The summed E-state index contributed by atoms with van der Waals surface area (Å²) >= 11 is 1.49. The van der Waals surface area contributed by atoms with Crippen molar-refractivity contribution < 1.29 is 0 Å². The molecule has 27 heavy (non-hydrogen) atoms. The fourth-order valence-corrected chi connectivity index (χ4v) is 4.44. The van der Waals surface area contributed by atoms with Gasteiger partial charge in [0.15, 0.2) is 0 Å². The molecule has 2 aromatic rings. The molecule has 1 aliphatic carbocycles. The molecule has 148 valence electrons. The van der Waals surface area contributed by atoms with Gasteiger partial charge >= 0.3 is 0 Å². The van der Waals surface area contributed by atoms with Gasteiger partial charge in [0.25, 0.3) is 0 Å². The van der Waals surface area contributed by atoms with Gasteiger partial charge in [-0.05, 0) is 18.4 Å². The van der Waals surface area contributed by atoms with Gasteiger partial charge in [-0.15, -0.1) is 0 Å². The minimum absolute atomic E-state index is 0.520. The summed E-state index contributed by atoms with van der Waals surface area (Å²) in [6.45, 7) is 0.860. The summed E-state index contributed by atoms with van der Waals surface area (Å²) in [4.78, 5) is 6.93. The van der Waals surface area contributed by atoms with Crippen LogP contribution in [0.1, 0.15) is 76.2 Å². The zero-order valence-corrected chi connectivity index (χ0v) is 17.5. The number of hydrogen-bond acceptors (Lipinski definition) is 5. The molecule has 0 unspecified atom stereocenters. The molecular weight excluding hydrogens is 352 g/mol. The highest BCUT2D eigenvalue weighted by molar-refractivity contribution is 7.09. The molecule has 0 amide bonds. The number of rotatable bonds is 5. The summed E-state index contributed by atoms with van der Waals surface area (Å²) in [5, 5.41) is 4.61. The van der Waals surface area contributed by atoms with Crippen LogP contribution in [-0.4, -0.2) is 22.4 Å². The molecule has 1 heterocycles. The molecule has 1 aromatic carbocycles. The molecule has 0 saturated heterocycles. The third kappa shape index (κ3) is 7.13. The number of hydrogen-bond donors (Lipinski definition) is 1. The molecule has 1 fully saturated rings. The molecule has 4 nitrogen and oxygen atoms in total. The summed E-state index contributed by atoms with van der Waals surface area (Å²) in [5.74, 6) is 0.812. The van der Waals surface area contributed by atoms with Crippen LogP contribution < -0.4 is 10.2 Å². The first-order valence-electron chi connectivity index (χ1n) is 10.7. The van der Waals surface area contributed by atoms with Crippen LogP contribution in [0.5, 0.6) is 0 Å². The predicted octanol–water partition coefficient (Wildman–Crippen LogP) is 6.26. The average molecular weight is 387 g/mol. The van der Waals surface area contributed by atoms with E-state index >= 15 is 0 Å². The molecule has 1 aliphatic rings. The van der Waals surface area contributed by atoms with E-state index in [1.807, 2.05) is 0 Å². The fourth-order valence-electron chi connectivity index (χ4n) is 3.84. The Kier molecular flexibility index (Phi) is 8.40. The molecule has 5 heteroatoms. The largest absolute Gasteiger partial charge is 0.351 e. The van der Waals surface area contributed by atoms with Crippen molar-refractivity contribution in [1.82, 2.24) is 9.36 Å². The van der Waals surface area contributed by atoms with E-state index in [2.05, 4.69) is 52.0 Å². The Balaban J connectivity index is 1.52. The van der Waals surface area contributed by atoms with Gasteiger partial charge in [0.1, 0.15) is 0 Å². The molecule has 1 N–H and O–H groups in total. The Labute approximate surface area is 168 Å². The van der Waals surface area contributed by atoms with Crippen molar-refractivity contribution in [2.45, 2.75) is 83.2 Å². The van der Waals surface area contributed by atoms with E-state index in [1.165, 1.54) is 87.7 Å². The second kappa shape index (κ2) is 11.3. The van der Waals surface area contributed by atoms with Crippen molar-refractivity contribution in [3.63, 3.8) is 0 Å². The Morgan fingerprint density at radius 2 is 1.52 bits per heavy atom. The zero-order valence-electron chi connectivity index (χ0n) is 16.7. The van der Waals surface area contributed by atoms with Crippen LogP contribution in [0, 0.1) is 0 Å². The summed E-state index contributed by atoms with van der Waals surface area (Å²) in [5.41, 5.74) is 1.30. The van der Waals surface area contributed by atoms with Crippen molar-refractivity contribution in [2.75, 3.05) is 17.3 Å². The molecule has 0 atom stereocenters. The SMILES string of the molecule is CN(Cc1ccccc1)c1nc(NC2CCCCCCCCCCC2)ns1. The molecule has 0 bridgehead atoms. The van der Waals surface area contributed by atoms with E-state index in [0.29, 0.717) is 6.04 Å². The first kappa shape index (κ1) is 20.1. The summed E-state index contributed by atoms with van der Waals surface area (Å²) < 4.78 is 4.58. The lowest BCUT2D eigenvalue weighted by Gasteiger charge is -2.19. The topological polar surface area (TPSA) is 41.1 Å². The van der Waals surface area contributed by atoms with E-state index in [4.69, 9.17) is 4.98 Å². The highest BCUT2D eigenvalue weighted by Gasteiger charge is 2.14. The summed E-state index contributed by atoms with van der Waals surface area (Å²) in [7, 11) is 2.09. The molecule has 3 rings (SSSR count). The van der Waals surface area contributed by atoms with Gasteiger partial charge in [-0.25, -0.2) is 0 Å². The van der Waals surface area contributed by atoms with Crippen molar-refractivity contribution in [2.24, 2.45) is 0 Å². The van der Waals surface area contributed by atoms with Gasteiger partial charge in [-0.1, -0.05) is 88.1 Å². The van der Waals surface area contributed by atoms with Crippen LogP contribution in [0.25, 0.3) is 0 Å². The maximum Gasteiger partial charge on any atom is 0.236 e. The number of benzene rings is 1. The lowest BCUT2D eigenvalue weighted by molar-refractivity contribution is 0.479. The van der Waals surface area contributed by atoms with E-state index in [9.17, 15) is 0 Å². The van der Waals surface area contributed by atoms with Gasteiger partial charge in [-0.3, -0.25) is 0 Å². The third-order valence-corrected chi connectivity index (χ3v) is 6.27. The van der Waals surface area contributed by atoms with Gasteiger partial charge in [0, 0.05) is 31.2 Å². The maximum absolute atomic E-state index is 4.75. The van der Waals surface area contributed by atoms with E-state index in [1.54, 1.807) is 0 Å². The minimum atomic E-state index is 0.520. The number of nitrogens with one attached hydrogen (secondary N) is 1. The van der Waals surface area contributed by atoms with Crippen LogP contribution in [-0.2, 0) is 6.54 Å². The third-order valence-electron chi connectivity index (χ3n) is 5.44. The van der Waals surface area contributed by atoms with E-state index in [-0.39, 0.29) is 0 Å². The number of aromatic nitrogens is 2. The van der Waals surface area contributed by atoms with E-state index in [0.717, 1.165) is 17.6 Å². The van der Waals surface area contributed by atoms with Gasteiger partial charge in [0.05, 0.1) is 0 Å². The first-order chi connectivity index (χ1) is 13.3. The second-order valence-corrected chi connectivity index (χ2v) is 8.57. The summed E-state index contributed by atoms with van der Waals surface area (Å²) in [6, 6.07) is 11.0. The predicted molar refractivity (Wildman–Crippen MR) is 117 cm³/mol. The van der Waals surface area contributed by atoms with Crippen molar-refractivity contribution in [3.8, 4) is 0 Å². The quantitative estimate of drug-likeness (QED) is 0.658. The lowest BCUT2D eigenvalue weighted by Crippen LogP contribution is -2.21. The minimum Gasteiger partial charge on any atom is -0.351 e. The monoisotopic (exact) mass is 386 g/mol. The molecule has 0 aliphatic heterocycles. The molecular formula is C22H34N4S. The van der Waals surface area contributed by atoms with Crippen LogP contribution >= 0.6 is 11.5 Å². The smallest absolute Gasteiger partial charge is 0.236 e. The van der Waals surface area contributed by atoms with Crippen LogP contribution in [0.4, 0.5) is 11.1 Å². The molecule has 1 aromatic heterocycles. The van der Waals surface area contributed by atoms with Gasteiger partial charge in [-0.2, -0.15) is 9.36 Å². The first-order valence-corrected chi connectivity index (χ1v) is 11.4. The Morgan fingerprint density at radius 3 is 2.15 bits per heavy atom. The molecule has 0 spiro atoms. The average Bonchev–Trinajstić information content (AvgIpc) is 3.13. The highest BCUT2D eigenvalue weighted by atomic mass is 32.1. The van der Waals surface area contributed by atoms with Crippen molar-refractivity contribution in [1.29, 1.82) is 0 Å². The van der Waals surface area contributed by atoms with Crippen LogP contribution in [0.2, 0.25) is 0 Å². The van der Waals surface area contributed by atoms with Crippen molar-refractivity contribution >= 4 is 22.6 Å². The number of nitrogens with zero attached hydrogens (tertiary/aromatic N) is 3. The Bertz CT molecular complexity index is 631. The van der Waals surface area contributed by atoms with Gasteiger partial charge < -0.3 is 10.2 Å². The fraction of sp³-hybridized carbons (Fsp3) is 0.636. The molecule has 0 radical (unpaired) electrons. The number of anilines is 2. The highest BCUT2D eigenvalue weighted by Crippen LogP contribution is 2.23.